The minimum Gasteiger partial charge on any atom is -0.379 e. The molecule has 1 saturated heterocycles. The molecule has 7 nitrogen and oxygen atoms in total. The zero-order valence-corrected chi connectivity index (χ0v) is 15.4. The molecule has 3 heterocycles. The van der Waals surface area contributed by atoms with E-state index in [2.05, 4.69) is 4.98 Å². The molecule has 0 aliphatic carbocycles. The SMILES string of the molecule is Cn1ccc(CSc2ccc(S(=O)(=O)N3CCOCC3)cn2)cc1=O. The summed E-state index contributed by atoms with van der Waals surface area (Å²) in [5.74, 6) is 0.596. The third kappa shape index (κ3) is 4.30. The molecular weight excluding hydrogens is 362 g/mol. The van der Waals surface area contributed by atoms with Gasteiger partial charge in [-0.05, 0) is 23.8 Å². The van der Waals surface area contributed by atoms with Crippen molar-refractivity contribution in [3.05, 3.63) is 52.6 Å². The molecule has 0 spiro atoms. The van der Waals surface area contributed by atoms with Gasteiger partial charge in [-0.3, -0.25) is 4.79 Å². The summed E-state index contributed by atoms with van der Waals surface area (Å²) >= 11 is 1.46. The number of aryl methyl sites for hydroxylation is 1. The highest BCUT2D eigenvalue weighted by Crippen LogP contribution is 2.22. The summed E-state index contributed by atoms with van der Waals surface area (Å²) in [5.41, 5.74) is 0.845. The van der Waals surface area contributed by atoms with Crippen molar-refractivity contribution in [1.82, 2.24) is 13.9 Å². The van der Waals surface area contributed by atoms with Gasteiger partial charge in [0.2, 0.25) is 10.0 Å². The third-order valence-corrected chi connectivity index (χ3v) is 6.77. The maximum absolute atomic E-state index is 12.5. The highest BCUT2D eigenvalue weighted by molar-refractivity contribution is 7.98. The van der Waals surface area contributed by atoms with Gasteiger partial charge in [-0.1, -0.05) is 0 Å². The highest BCUT2D eigenvalue weighted by atomic mass is 32.2. The highest BCUT2D eigenvalue weighted by Gasteiger charge is 2.26. The van der Waals surface area contributed by atoms with Gasteiger partial charge in [-0.15, -0.1) is 11.8 Å². The van der Waals surface area contributed by atoms with E-state index in [1.807, 2.05) is 6.07 Å². The minimum absolute atomic E-state index is 0.0574. The van der Waals surface area contributed by atoms with E-state index >= 15 is 0 Å². The van der Waals surface area contributed by atoms with Crippen LogP contribution in [-0.2, 0) is 27.6 Å². The van der Waals surface area contributed by atoms with Crippen LogP contribution < -0.4 is 5.56 Å². The number of thioether (sulfide) groups is 1. The molecule has 0 saturated carbocycles. The summed E-state index contributed by atoms with van der Waals surface area (Å²) in [6.07, 6.45) is 3.11. The number of rotatable bonds is 5. The van der Waals surface area contributed by atoms with E-state index in [1.54, 1.807) is 31.4 Å². The van der Waals surface area contributed by atoms with E-state index in [0.29, 0.717) is 37.1 Å². The fourth-order valence-electron chi connectivity index (χ4n) is 2.38. The van der Waals surface area contributed by atoms with Gasteiger partial charge in [-0.2, -0.15) is 4.31 Å². The molecule has 0 radical (unpaired) electrons. The van der Waals surface area contributed by atoms with Crippen LogP contribution in [0.15, 0.2) is 51.4 Å². The van der Waals surface area contributed by atoms with Gasteiger partial charge in [-0.25, -0.2) is 13.4 Å². The second-order valence-corrected chi connectivity index (χ2v) is 8.55. The normalized spacial score (nSPS) is 16.0. The van der Waals surface area contributed by atoms with E-state index in [-0.39, 0.29) is 10.5 Å². The van der Waals surface area contributed by atoms with Crippen LogP contribution in [-0.4, -0.2) is 48.6 Å². The fraction of sp³-hybridized carbons (Fsp3) is 0.375. The lowest BCUT2D eigenvalue weighted by Crippen LogP contribution is -2.40. The number of ether oxygens (including phenoxy) is 1. The molecule has 9 heteroatoms. The first kappa shape index (κ1) is 18.1. The Kier molecular flexibility index (Phi) is 5.57. The number of hydrogen-bond donors (Lipinski definition) is 0. The maximum atomic E-state index is 12.5. The van der Waals surface area contributed by atoms with Gasteiger partial charge in [0.15, 0.2) is 0 Å². The molecule has 25 heavy (non-hydrogen) atoms. The number of aromatic nitrogens is 2. The summed E-state index contributed by atoms with van der Waals surface area (Å²) in [7, 11) is -1.82. The van der Waals surface area contributed by atoms with E-state index in [9.17, 15) is 13.2 Å². The van der Waals surface area contributed by atoms with Crippen LogP contribution in [0.25, 0.3) is 0 Å². The molecule has 0 aromatic carbocycles. The molecule has 3 rings (SSSR count). The Bertz CT molecular complexity index is 888. The van der Waals surface area contributed by atoms with Crippen molar-refractivity contribution in [2.75, 3.05) is 26.3 Å². The Morgan fingerprint density at radius 1 is 1.24 bits per heavy atom. The summed E-state index contributed by atoms with van der Waals surface area (Å²) in [4.78, 5) is 16.0. The van der Waals surface area contributed by atoms with Crippen LogP contribution in [0.3, 0.4) is 0 Å². The molecule has 0 bridgehead atoms. The largest absolute Gasteiger partial charge is 0.379 e. The molecule has 1 aliphatic rings. The quantitative estimate of drug-likeness (QED) is 0.722. The van der Waals surface area contributed by atoms with Gasteiger partial charge in [0.05, 0.1) is 18.2 Å². The van der Waals surface area contributed by atoms with Crippen LogP contribution in [0.1, 0.15) is 5.56 Å². The lowest BCUT2D eigenvalue weighted by molar-refractivity contribution is 0.0730. The van der Waals surface area contributed by atoms with E-state index in [0.717, 1.165) is 5.56 Å². The smallest absolute Gasteiger partial charge is 0.250 e. The van der Waals surface area contributed by atoms with Crippen LogP contribution in [0.4, 0.5) is 0 Å². The number of pyridine rings is 2. The third-order valence-electron chi connectivity index (χ3n) is 3.87. The summed E-state index contributed by atoms with van der Waals surface area (Å²) in [5, 5.41) is 0.710. The maximum Gasteiger partial charge on any atom is 0.250 e. The number of nitrogens with zero attached hydrogens (tertiary/aromatic N) is 3. The summed E-state index contributed by atoms with van der Waals surface area (Å²) in [6, 6.07) is 6.74. The number of sulfonamides is 1. The van der Waals surface area contributed by atoms with E-state index in [4.69, 9.17) is 4.74 Å². The molecule has 1 fully saturated rings. The first-order valence-corrected chi connectivity index (χ1v) is 10.2. The Morgan fingerprint density at radius 2 is 2.00 bits per heavy atom. The lowest BCUT2D eigenvalue weighted by atomic mass is 10.3. The monoisotopic (exact) mass is 381 g/mol. The molecule has 0 N–H and O–H groups in total. The average Bonchev–Trinajstić information content (AvgIpc) is 2.64. The van der Waals surface area contributed by atoms with Crippen molar-refractivity contribution < 1.29 is 13.2 Å². The molecule has 2 aromatic rings. The molecule has 134 valence electrons. The standard InChI is InChI=1S/C16H19N3O4S2/c1-18-5-4-13(10-16(18)20)12-24-15-3-2-14(11-17-15)25(21,22)19-6-8-23-9-7-19/h2-5,10-11H,6-9,12H2,1H3. The molecule has 0 unspecified atom stereocenters. The Hall–Kier alpha value is -1.68. The van der Waals surface area contributed by atoms with Crippen molar-refractivity contribution >= 4 is 21.8 Å². The van der Waals surface area contributed by atoms with Crippen LogP contribution in [0, 0.1) is 0 Å². The van der Waals surface area contributed by atoms with Crippen molar-refractivity contribution in [3.63, 3.8) is 0 Å². The topological polar surface area (TPSA) is 81.5 Å². The number of morpholine rings is 1. The van der Waals surface area contributed by atoms with Crippen molar-refractivity contribution in [3.8, 4) is 0 Å². The Balaban J connectivity index is 1.67. The van der Waals surface area contributed by atoms with Crippen molar-refractivity contribution in [2.45, 2.75) is 15.7 Å². The van der Waals surface area contributed by atoms with E-state index < -0.39 is 10.0 Å². The number of hydrogen-bond acceptors (Lipinski definition) is 6. The summed E-state index contributed by atoms with van der Waals surface area (Å²) in [6.45, 7) is 1.55. The van der Waals surface area contributed by atoms with Crippen LogP contribution >= 0.6 is 11.8 Å². The van der Waals surface area contributed by atoms with Gasteiger partial charge in [0, 0.05) is 44.4 Å². The molecule has 0 atom stereocenters. The lowest BCUT2D eigenvalue weighted by Gasteiger charge is -2.25. The zero-order chi connectivity index (χ0) is 17.9. The van der Waals surface area contributed by atoms with E-state index in [1.165, 1.54) is 26.8 Å². The van der Waals surface area contributed by atoms with Gasteiger partial charge < -0.3 is 9.30 Å². The molecular formula is C16H19N3O4S2. The molecule has 2 aromatic heterocycles. The summed E-state index contributed by atoms with van der Waals surface area (Å²) < 4.78 is 33.2. The van der Waals surface area contributed by atoms with Crippen LogP contribution in [0.5, 0.6) is 0 Å². The Morgan fingerprint density at radius 3 is 2.64 bits per heavy atom. The predicted molar refractivity (Wildman–Crippen MR) is 95.1 cm³/mol. The van der Waals surface area contributed by atoms with Crippen LogP contribution in [0.2, 0.25) is 0 Å². The second kappa shape index (κ2) is 7.69. The minimum atomic E-state index is -3.52. The Labute approximate surface area is 150 Å². The second-order valence-electron chi connectivity index (χ2n) is 5.62. The fourth-order valence-corrected chi connectivity index (χ4v) is 4.52. The van der Waals surface area contributed by atoms with Gasteiger partial charge in [0.1, 0.15) is 4.90 Å². The van der Waals surface area contributed by atoms with Gasteiger partial charge >= 0.3 is 0 Å². The molecule has 0 amide bonds. The van der Waals surface area contributed by atoms with Crippen molar-refractivity contribution in [1.29, 1.82) is 0 Å². The first-order valence-electron chi connectivity index (χ1n) is 7.79. The van der Waals surface area contributed by atoms with Crippen molar-refractivity contribution in [2.24, 2.45) is 7.05 Å². The zero-order valence-electron chi connectivity index (χ0n) is 13.8. The molecule has 1 aliphatic heterocycles. The van der Waals surface area contributed by atoms with Gasteiger partial charge in [0.25, 0.3) is 5.56 Å². The first-order chi connectivity index (χ1) is 12.0. The predicted octanol–water partition coefficient (Wildman–Crippen LogP) is 1.09. The average molecular weight is 381 g/mol.